The summed E-state index contributed by atoms with van der Waals surface area (Å²) in [6.07, 6.45) is 2.25. The summed E-state index contributed by atoms with van der Waals surface area (Å²) in [6.45, 7) is 4.61. The van der Waals surface area contributed by atoms with Crippen molar-refractivity contribution in [1.29, 1.82) is 0 Å². The van der Waals surface area contributed by atoms with Crippen LogP contribution in [-0.2, 0) is 16.4 Å². The van der Waals surface area contributed by atoms with Crippen LogP contribution in [0.1, 0.15) is 33.5 Å². The van der Waals surface area contributed by atoms with E-state index in [1.165, 1.54) is 5.56 Å². The van der Waals surface area contributed by atoms with E-state index in [0.29, 0.717) is 24.2 Å². The average molecular weight is 438 g/mol. The Balaban J connectivity index is 1.68. The van der Waals surface area contributed by atoms with Crippen molar-refractivity contribution in [3.63, 3.8) is 0 Å². The van der Waals surface area contributed by atoms with Crippen LogP contribution in [0.25, 0.3) is 11.3 Å². The SMILES string of the molecule is Cc1ccc(Cn2cc(C(=O)N(C)C3CCS(=O)(=O)C3)c(-c3ccc(C)cc3)n2)cc1. The Hall–Kier alpha value is -2.93. The molecule has 7 heteroatoms. The quantitative estimate of drug-likeness (QED) is 0.613. The van der Waals surface area contributed by atoms with Gasteiger partial charge in [-0.05, 0) is 25.8 Å². The number of carbonyl (C=O) groups excluding carboxylic acids is 1. The molecule has 162 valence electrons. The standard InChI is InChI=1S/C24H27N3O3S/c1-17-4-8-19(9-5-17)14-27-15-22(23(25-27)20-10-6-18(2)7-11-20)24(28)26(3)21-12-13-31(29,30)16-21/h4-11,15,21H,12-14,16H2,1-3H3. The maximum Gasteiger partial charge on any atom is 0.257 e. The van der Waals surface area contributed by atoms with Crippen LogP contribution >= 0.6 is 0 Å². The van der Waals surface area contributed by atoms with Gasteiger partial charge in [0.1, 0.15) is 5.69 Å². The molecule has 1 aliphatic heterocycles. The smallest absolute Gasteiger partial charge is 0.257 e. The van der Waals surface area contributed by atoms with E-state index in [2.05, 4.69) is 24.3 Å². The van der Waals surface area contributed by atoms with Crippen LogP contribution < -0.4 is 0 Å². The van der Waals surface area contributed by atoms with Crippen molar-refractivity contribution in [2.45, 2.75) is 32.9 Å². The molecule has 2 aromatic carbocycles. The zero-order valence-electron chi connectivity index (χ0n) is 18.1. The molecule has 0 N–H and O–H groups in total. The molecule has 1 aliphatic rings. The monoisotopic (exact) mass is 437 g/mol. The first-order valence-electron chi connectivity index (χ1n) is 10.4. The second-order valence-corrected chi connectivity index (χ2v) is 10.6. The molecule has 0 radical (unpaired) electrons. The van der Waals surface area contributed by atoms with Gasteiger partial charge in [-0.3, -0.25) is 9.48 Å². The van der Waals surface area contributed by atoms with E-state index in [4.69, 9.17) is 5.10 Å². The average Bonchev–Trinajstić information content (AvgIpc) is 3.32. The molecule has 0 spiro atoms. The van der Waals surface area contributed by atoms with Crippen LogP contribution in [0, 0.1) is 13.8 Å². The first-order valence-corrected chi connectivity index (χ1v) is 12.2. The Morgan fingerprint density at radius 2 is 1.68 bits per heavy atom. The van der Waals surface area contributed by atoms with Crippen LogP contribution in [0.15, 0.2) is 54.7 Å². The third-order valence-corrected chi connectivity index (χ3v) is 7.61. The maximum absolute atomic E-state index is 13.4. The number of rotatable bonds is 5. The highest BCUT2D eigenvalue weighted by Gasteiger charge is 2.34. The van der Waals surface area contributed by atoms with Gasteiger partial charge in [0.15, 0.2) is 9.84 Å². The molecular formula is C24H27N3O3S. The lowest BCUT2D eigenvalue weighted by atomic mass is 10.1. The van der Waals surface area contributed by atoms with Crippen molar-refractivity contribution >= 4 is 15.7 Å². The first-order chi connectivity index (χ1) is 14.7. The minimum absolute atomic E-state index is 0.0204. The van der Waals surface area contributed by atoms with Crippen LogP contribution in [0.5, 0.6) is 0 Å². The van der Waals surface area contributed by atoms with E-state index in [1.807, 2.05) is 38.1 Å². The number of sulfone groups is 1. The molecule has 2 heterocycles. The Morgan fingerprint density at radius 3 is 2.26 bits per heavy atom. The van der Waals surface area contributed by atoms with Gasteiger partial charge in [0.2, 0.25) is 0 Å². The molecule has 0 aliphatic carbocycles. The van der Waals surface area contributed by atoms with E-state index in [-0.39, 0.29) is 23.5 Å². The highest BCUT2D eigenvalue weighted by molar-refractivity contribution is 7.91. The fourth-order valence-electron chi connectivity index (χ4n) is 3.90. The molecule has 4 rings (SSSR count). The second-order valence-electron chi connectivity index (χ2n) is 8.41. The lowest BCUT2D eigenvalue weighted by Gasteiger charge is -2.23. The van der Waals surface area contributed by atoms with Crippen molar-refractivity contribution in [3.05, 3.63) is 77.0 Å². The van der Waals surface area contributed by atoms with Crippen molar-refractivity contribution in [1.82, 2.24) is 14.7 Å². The Labute approximate surface area is 183 Å². The number of benzene rings is 2. The fourth-order valence-corrected chi connectivity index (χ4v) is 5.68. The predicted octanol–water partition coefficient (Wildman–Crippen LogP) is 3.47. The normalized spacial score (nSPS) is 17.6. The molecule has 31 heavy (non-hydrogen) atoms. The number of hydrogen-bond donors (Lipinski definition) is 0. The van der Waals surface area contributed by atoms with Gasteiger partial charge >= 0.3 is 0 Å². The van der Waals surface area contributed by atoms with Gasteiger partial charge in [0.05, 0.1) is 23.6 Å². The Bertz CT molecular complexity index is 1200. The minimum atomic E-state index is -3.08. The molecule has 1 aromatic heterocycles. The summed E-state index contributed by atoms with van der Waals surface area (Å²) in [5.41, 5.74) is 5.38. The number of amides is 1. The Morgan fingerprint density at radius 1 is 1.06 bits per heavy atom. The molecule has 1 saturated heterocycles. The molecule has 3 aromatic rings. The summed E-state index contributed by atoms with van der Waals surface area (Å²) in [6, 6.07) is 15.8. The largest absolute Gasteiger partial charge is 0.338 e. The lowest BCUT2D eigenvalue weighted by molar-refractivity contribution is 0.0748. The number of hydrogen-bond acceptors (Lipinski definition) is 4. The number of carbonyl (C=O) groups is 1. The second kappa shape index (κ2) is 8.30. The summed E-state index contributed by atoms with van der Waals surface area (Å²) in [4.78, 5) is 15.0. The lowest BCUT2D eigenvalue weighted by Crippen LogP contribution is -2.37. The highest BCUT2D eigenvalue weighted by atomic mass is 32.2. The van der Waals surface area contributed by atoms with Crippen molar-refractivity contribution < 1.29 is 13.2 Å². The highest BCUT2D eigenvalue weighted by Crippen LogP contribution is 2.26. The third-order valence-electron chi connectivity index (χ3n) is 5.86. The van der Waals surface area contributed by atoms with Gasteiger partial charge in [0, 0.05) is 24.8 Å². The van der Waals surface area contributed by atoms with Crippen LogP contribution in [0.4, 0.5) is 0 Å². The third kappa shape index (κ3) is 4.71. The molecule has 0 saturated carbocycles. The topological polar surface area (TPSA) is 72.3 Å². The first kappa shape index (κ1) is 21.3. The predicted molar refractivity (Wildman–Crippen MR) is 122 cm³/mol. The van der Waals surface area contributed by atoms with Gasteiger partial charge in [-0.1, -0.05) is 59.7 Å². The van der Waals surface area contributed by atoms with E-state index in [9.17, 15) is 13.2 Å². The summed E-state index contributed by atoms with van der Waals surface area (Å²) in [7, 11) is -1.39. The molecule has 1 unspecified atom stereocenters. The van der Waals surface area contributed by atoms with Crippen molar-refractivity contribution in [3.8, 4) is 11.3 Å². The maximum atomic E-state index is 13.4. The summed E-state index contributed by atoms with van der Waals surface area (Å²) >= 11 is 0. The van der Waals surface area contributed by atoms with Crippen molar-refractivity contribution in [2.24, 2.45) is 0 Å². The fraction of sp³-hybridized carbons (Fsp3) is 0.333. The minimum Gasteiger partial charge on any atom is -0.338 e. The van der Waals surface area contributed by atoms with E-state index >= 15 is 0 Å². The molecule has 6 nitrogen and oxygen atoms in total. The summed E-state index contributed by atoms with van der Waals surface area (Å²) in [5.74, 6) is -0.0489. The number of aromatic nitrogens is 2. The van der Waals surface area contributed by atoms with E-state index in [0.717, 1.165) is 16.7 Å². The van der Waals surface area contributed by atoms with Gasteiger partial charge < -0.3 is 4.90 Å². The Kier molecular flexibility index (Phi) is 5.71. The zero-order chi connectivity index (χ0) is 22.2. The van der Waals surface area contributed by atoms with E-state index in [1.54, 1.807) is 22.8 Å². The molecule has 0 bridgehead atoms. The van der Waals surface area contributed by atoms with Gasteiger partial charge in [-0.25, -0.2) is 8.42 Å². The zero-order valence-corrected chi connectivity index (χ0v) is 18.9. The van der Waals surface area contributed by atoms with Crippen LogP contribution in [-0.4, -0.2) is 53.6 Å². The summed E-state index contributed by atoms with van der Waals surface area (Å²) < 4.78 is 25.6. The number of aryl methyl sites for hydroxylation is 2. The van der Waals surface area contributed by atoms with E-state index < -0.39 is 9.84 Å². The molecular weight excluding hydrogens is 410 g/mol. The molecule has 1 fully saturated rings. The van der Waals surface area contributed by atoms with Gasteiger partial charge in [-0.2, -0.15) is 5.10 Å². The van der Waals surface area contributed by atoms with Gasteiger partial charge in [0.25, 0.3) is 5.91 Å². The summed E-state index contributed by atoms with van der Waals surface area (Å²) in [5, 5.41) is 4.74. The molecule has 1 amide bonds. The molecule has 1 atom stereocenters. The van der Waals surface area contributed by atoms with Crippen LogP contribution in [0.3, 0.4) is 0 Å². The van der Waals surface area contributed by atoms with Crippen molar-refractivity contribution in [2.75, 3.05) is 18.6 Å². The number of nitrogens with zero attached hydrogens (tertiary/aromatic N) is 3. The van der Waals surface area contributed by atoms with Gasteiger partial charge in [-0.15, -0.1) is 0 Å². The van der Waals surface area contributed by atoms with Crippen LogP contribution in [0.2, 0.25) is 0 Å².